The van der Waals surface area contributed by atoms with Crippen LogP contribution in [0.4, 0.5) is 5.69 Å². The summed E-state index contributed by atoms with van der Waals surface area (Å²) in [7, 11) is 0. The summed E-state index contributed by atoms with van der Waals surface area (Å²) < 4.78 is 0. The van der Waals surface area contributed by atoms with Gasteiger partial charge in [0.25, 0.3) is 0 Å². The summed E-state index contributed by atoms with van der Waals surface area (Å²) in [5.74, 6) is 0.568. The molecule has 0 fully saturated rings. The van der Waals surface area contributed by atoms with Crippen LogP contribution in [-0.2, 0) is 0 Å². The fourth-order valence-corrected chi connectivity index (χ4v) is 1.66. The number of benzene rings is 2. The van der Waals surface area contributed by atoms with E-state index >= 15 is 0 Å². The van der Waals surface area contributed by atoms with Gasteiger partial charge in [0.2, 0.25) is 0 Å². The Bertz CT molecular complexity index is 498. The van der Waals surface area contributed by atoms with Crippen molar-refractivity contribution >= 4 is 11.9 Å². The fraction of sp³-hybridized carbons (Fsp3) is 0.188. The number of para-hydroxylation sites is 1. The minimum atomic E-state index is 0.568. The maximum atomic E-state index is 4.21. The van der Waals surface area contributed by atoms with Crippen molar-refractivity contribution < 1.29 is 0 Å². The van der Waals surface area contributed by atoms with Crippen molar-refractivity contribution in [2.75, 3.05) is 5.43 Å². The Morgan fingerprint density at radius 1 is 0.944 bits per heavy atom. The molecule has 2 aromatic rings. The molecular formula is C16H18N2. The summed E-state index contributed by atoms with van der Waals surface area (Å²) in [6, 6.07) is 18.4. The first-order valence-electron chi connectivity index (χ1n) is 6.20. The van der Waals surface area contributed by atoms with Gasteiger partial charge in [-0.05, 0) is 29.2 Å². The van der Waals surface area contributed by atoms with Gasteiger partial charge >= 0.3 is 0 Å². The normalized spacial score (nSPS) is 11.1. The molecule has 0 saturated heterocycles. The van der Waals surface area contributed by atoms with E-state index in [4.69, 9.17) is 0 Å². The molecule has 0 bridgehead atoms. The first-order chi connectivity index (χ1) is 8.75. The molecular weight excluding hydrogens is 220 g/mol. The number of hydrogen-bond acceptors (Lipinski definition) is 2. The van der Waals surface area contributed by atoms with Crippen LogP contribution in [0.25, 0.3) is 0 Å². The molecule has 0 heterocycles. The van der Waals surface area contributed by atoms with Gasteiger partial charge in [0.05, 0.1) is 11.9 Å². The van der Waals surface area contributed by atoms with Crippen LogP contribution in [0.2, 0.25) is 0 Å². The summed E-state index contributed by atoms with van der Waals surface area (Å²) >= 11 is 0. The van der Waals surface area contributed by atoms with Crippen molar-refractivity contribution in [1.29, 1.82) is 0 Å². The van der Waals surface area contributed by atoms with Gasteiger partial charge in [0.1, 0.15) is 0 Å². The average Bonchev–Trinajstić information content (AvgIpc) is 2.40. The molecule has 0 unspecified atom stereocenters. The second-order valence-corrected chi connectivity index (χ2v) is 4.56. The summed E-state index contributed by atoms with van der Waals surface area (Å²) in [6.07, 6.45) is 1.83. The molecule has 0 aromatic heterocycles. The van der Waals surface area contributed by atoms with Crippen molar-refractivity contribution in [3.8, 4) is 0 Å². The molecule has 2 rings (SSSR count). The highest BCUT2D eigenvalue weighted by atomic mass is 15.3. The van der Waals surface area contributed by atoms with E-state index in [1.165, 1.54) is 5.56 Å². The standard InChI is InChI=1S/C16H18N2/c1-13(2)15-10-8-14(9-11-15)12-17-18-16-6-4-3-5-7-16/h3-13,18H,1-2H3/b17-12+. The van der Waals surface area contributed by atoms with E-state index in [9.17, 15) is 0 Å². The van der Waals surface area contributed by atoms with Crippen LogP contribution in [0.5, 0.6) is 0 Å². The predicted molar refractivity (Wildman–Crippen MR) is 78.2 cm³/mol. The van der Waals surface area contributed by atoms with Crippen molar-refractivity contribution in [2.24, 2.45) is 5.10 Å². The van der Waals surface area contributed by atoms with Gasteiger partial charge in [-0.25, -0.2) is 0 Å². The Morgan fingerprint density at radius 2 is 1.61 bits per heavy atom. The zero-order valence-corrected chi connectivity index (χ0v) is 10.8. The van der Waals surface area contributed by atoms with Gasteiger partial charge in [-0.15, -0.1) is 0 Å². The molecule has 2 heteroatoms. The molecule has 1 N–H and O–H groups in total. The lowest BCUT2D eigenvalue weighted by atomic mass is 10.0. The summed E-state index contributed by atoms with van der Waals surface area (Å²) in [5.41, 5.74) is 6.44. The number of rotatable bonds is 4. The second-order valence-electron chi connectivity index (χ2n) is 4.56. The molecule has 0 radical (unpaired) electrons. The lowest BCUT2D eigenvalue weighted by Gasteiger charge is -2.04. The van der Waals surface area contributed by atoms with Crippen molar-refractivity contribution in [3.05, 3.63) is 65.7 Å². The van der Waals surface area contributed by atoms with Crippen LogP contribution in [-0.4, -0.2) is 6.21 Å². The molecule has 18 heavy (non-hydrogen) atoms. The van der Waals surface area contributed by atoms with Gasteiger partial charge in [0, 0.05) is 0 Å². The van der Waals surface area contributed by atoms with Crippen LogP contribution in [0.3, 0.4) is 0 Å². The number of hydrogen-bond donors (Lipinski definition) is 1. The van der Waals surface area contributed by atoms with E-state index in [0.29, 0.717) is 5.92 Å². The van der Waals surface area contributed by atoms with Crippen LogP contribution in [0.15, 0.2) is 59.7 Å². The monoisotopic (exact) mass is 238 g/mol. The Morgan fingerprint density at radius 3 is 2.22 bits per heavy atom. The first-order valence-corrected chi connectivity index (χ1v) is 6.20. The summed E-state index contributed by atoms with van der Waals surface area (Å²) in [4.78, 5) is 0. The summed E-state index contributed by atoms with van der Waals surface area (Å²) in [5, 5.41) is 4.21. The molecule has 2 nitrogen and oxygen atoms in total. The van der Waals surface area contributed by atoms with Crippen molar-refractivity contribution in [3.63, 3.8) is 0 Å². The third kappa shape index (κ3) is 3.45. The number of nitrogens with one attached hydrogen (secondary N) is 1. The molecule has 0 saturated carbocycles. The van der Waals surface area contributed by atoms with Crippen molar-refractivity contribution in [2.45, 2.75) is 19.8 Å². The van der Waals surface area contributed by atoms with Crippen LogP contribution in [0, 0.1) is 0 Å². The van der Waals surface area contributed by atoms with Gasteiger partial charge in [0.15, 0.2) is 0 Å². The smallest absolute Gasteiger partial charge is 0.0561 e. The molecule has 2 aromatic carbocycles. The zero-order chi connectivity index (χ0) is 12.8. The minimum Gasteiger partial charge on any atom is -0.279 e. The SMILES string of the molecule is CC(C)c1ccc(/C=N/Nc2ccccc2)cc1. The van der Waals surface area contributed by atoms with Crippen LogP contribution >= 0.6 is 0 Å². The van der Waals surface area contributed by atoms with Gasteiger partial charge in [-0.2, -0.15) is 5.10 Å². The van der Waals surface area contributed by atoms with Gasteiger partial charge < -0.3 is 0 Å². The Hall–Kier alpha value is -2.09. The highest BCUT2D eigenvalue weighted by molar-refractivity contribution is 5.80. The summed E-state index contributed by atoms with van der Waals surface area (Å²) in [6.45, 7) is 4.39. The van der Waals surface area contributed by atoms with E-state index in [1.54, 1.807) is 0 Å². The molecule has 0 aliphatic rings. The van der Waals surface area contributed by atoms with Crippen LogP contribution < -0.4 is 5.43 Å². The van der Waals surface area contributed by atoms with E-state index in [2.05, 4.69) is 48.6 Å². The zero-order valence-electron chi connectivity index (χ0n) is 10.8. The maximum absolute atomic E-state index is 4.21. The fourth-order valence-electron chi connectivity index (χ4n) is 1.66. The first kappa shape index (κ1) is 12.4. The van der Waals surface area contributed by atoms with E-state index in [-0.39, 0.29) is 0 Å². The van der Waals surface area contributed by atoms with E-state index in [0.717, 1.165) is 11.3 Å². The van der Waals surface area contributed by atoms with Crippen LogP contribution in [0.1, 0.15) is 30.9 Å². The minimum absolute atomic E-state index is 0.568. The van der Waals surface area contributed by atoms with Crippen molar-refractivity contribution in [1.82, 2.24) is 0 Å². The predicted octanol–water partition coefficient (Wildman–Crippen LogP) is 4.26. The maximum Gasteiger partial charge on any atom is 0.0561 e. The second kappa shape index (κ2) is 6.01. The molecule has 92 valence electrons. The third-order valence-electron chi connectivity index (χ3n) is 2.78. The largest absolute Gasteiger partial charge is 0.279 e. The highest BCUT2D eigenvalue weighted by Gasteiger charge is 1.97. The number of nitrogens with zero attached hydrogens (tertiary/aromatic N) is 1. The lowest BCUT2D eigenvalue weighted by molar-refractivity contribution is 0.866. The Labute approximate surface area is 108 Å². The average molecular weight is 238 g/mol. The quantitative estimate of drug-likeness (QED) is 0.624. The Balaban J connectivity index is 1.97. The third-order valence-corrected chi connectivity index (χ3v) is 2.78. The van der Waals surface area contributed by atoms with Gasteiger partial charge in [-0.1, -0.05) is 56.3 Å². The topological polar surface area (TPSA) is 24.4 Å². The van der Waals surface area contributed by atoms with E-state index in [1.807, 2.05) is 36.5 Å². The highest BCUT2D eigenvalue weighted by Crippen LogP contribution is 2.14. The van der Waals surface area contributed by atoms with Gasteiger partial charge in [-0.3, -0.25) is 5.43 Å². The molecule has 0 atom stereocenters. The number of anilines is 1. The molecule has 0 spiro atoms. The molecule has 0 amide bonds. The van der Waals surface area contributed by atoms with E-state index < -0.39 is 0 Å². The molecule has 0 aliphatic carbocycles. The lowest BCUT2D eigenvalue weighted by Crippen LogP contribution is -1.91. The Kier molecular flexibility index (Phi) is 4.13. The molecule has 0 aliphatic heterocycles. The number of hydrazone groups is 1.